The minimum atomic E-state index is -0.636. The number of rotatable bonds is 6. The Kier molecular flexibility index (Phi) is 6.25. The molecule has 2 amide bonds. The molecule has 0 saturated carbocycles. The van der Waals surface area contributed by atoms with Gasteiger partial charge in [0.25, 0.3) is 5.91 Å². The summed E-state index contributed by atoms with van der Waals surface area (Å²) >= 11 is 6.00. The summed E-state index contributed by atoms with van der Waals surface area (Å²) < 4.78 is 10.3. The predicted octanol–water partition coefficient (Wildman–Crippen LogP) is 1.77. The van der Waals surface area contributed by atoms with Crippen LogP contribution < -0.4 is 15.0 Å². The lowest BCUT2D eigenvalue weighted by atomic mass is 10.1. The molecule has 136 valence electrons. The van der Waals surface area contributed by atoms with Crippen LogP contribution in [-0.4, -0.2) is 44.1 Å². The lowest BCUT2D eigenvalue weighted by Gasteiger charge is -2.19. The van der Waals surface area contributed by atoms with E-state index in [4.69, 9.17) is 21.1 Å². The molecule has 1 N–H and O–H groups in total. The van der Waals surface area contributed by atoms with Crippen LogP contribution >= 0.6 is 11.6 Å². The summed E-state index contributed by atoms with van der Waals surface area (Å²) in [4.78, 5) is 37.4. The summed E-state index contributed by atoms with van der Waals surface area (Å²) in [6.07, 6.45) is 0.0142. The number of halogens is 1. The molecule has 1 atom stereocenters. The number of nitrogens with one attached hydrogen (secondary N) is 1. The molecule has 0 aliphatic carbocycles. The SMILES string of the molecule is COc1ccc(Cl)cc1N1C[C@H](C(=O)OCC(=O)NC(C)C)CC1=O. The van der Waals surface area contributed by atoms with Gasteiger partial charge in [-0.2, -0.15) is 0 Å². The van der Waals surface area contributed by atoms with Crippen molar-refractivity contribution in [2.24, 2.45) is 5.92 Å². The number of ether oxygens (including phenoxy) is 2. The van der Waals surface area contributed by atoms with Crippen LogP contribution in [0.15, 0.2) is 18.2 Å². The van der Waals surface area contributed by atoms with Crippen molar-refractivity contribution in [2.75, 3.05) is 25.2 Å². The number of benzene rings is 1. The van der Waals surface area contributed by atoms with Crippen LogP contribution in [0.1, 0.15) is 20.3 Å². The number of hydrogen-bond acceptors (Lipinski definition) is 5. The second kappa shape index (κ2) is 8.20. The first-order valence-electron chi connectivity index (χ1n) is 7.91. The molecule has 1 aromatic rings. The maximum absolute atomic E-state index is 12.3. The van der Waals surface area contributed by atoms with Gasteiger partial charge in [0, 0.05) is 24.0 Å². The van der Waals surface area contributed by atoms with Crippen molar-refractivity contribution in [2.45, 2.75) is 26.3 Å². The molecule has 0 bridgehead atoms. The van der Waals surface area contributed by atoms with Crippen LogP contribution in [0, 0.1) is 5.92 Å². The van der Waals surface area contributed by atoms with E-state index in [1.807, 2.05) is 13.8 Å². The van der Waals surface area contributed by atoms with Crippen molar-refractivity contribution in [3.63, 3.8) is 0 Å². The minimum absolute atomic E-state index is 0.0142. The van der Waals surface area contributed by atoms with Gasteiger partial charge in [-0.1, -0.05) is 11.6 Å². The quantitative estimate of drug-likeness (QED) is 0.773. The van der Waals surface area contributed by atoms with Crippen molar-refractivity contribution >= 4 is 35.1 Å². The molecule has 1 aromatic carbocycles. The van der Waals surface area contributed by atoms with Crippen LogP contribution in [-0.2, 0) is 19.1 Å². The number of amides is 2. The summed E-state index contributed by atoms with van der Waals surface area (Å²) in [5.41, 5.74) is 0.507. The molecule has 0 spiro atoms. The summed E-state index contributed by atoms with van der Waals surface area (Å²) in [5.74, 6) is -1.32. The zero-order valence-corrected chi connectivity index (χ0v) is 15.1. The molecule has 25 heavy (non-hydrogen) atoms. The standard InChI is InChI=1S/C17H21ClN2O5/c1-10(2)19-15(21)9-25-17(23)11-6-16(22)20(8-11)13-7-12(18)4-5-14(13)24-3/h4-5,7,10-11H,6,8-9H2,1-3H3,(H,19,21)/t11-/m1/s1. The van der Waals surface area contributed by atoms with E-state index in [1.54, 1.807) is 18.2 Å². The molecule has 8 heteroatoms. The molecule has 2 rings (SSSR count). The topological polar surface area (TPSA) is 84.9 Å². The highest BCUT2D eigenvalue weighted by atomic mass is 35.5. The Morgan fingerprint density at radius 3 is 2.76 bits per heavy atom. The Morgan fingerprint density at radius 2 is 2.12 bits per heavy atom. The van der Waals surface area contributed by atoms with Gasteiger partial charge >= 0.3 is 5.97 Å². The first kappa shape index (κ1) is 19.1. The van der Waals surface area contributed by atoms with Crippen molar-refractivity contribution in [3.8, 4) is 5.75 Å². The fourth-order valence-corrected chi connectivity index (χ4v) is 2.76. The highest BCUT2D eigenvalue weighted by Crippen LogP contribution is 2.35. The van der Waals surface area contributed by atoms with E-state index in [0.29, 0.717) is 16.5 Å². The first-order chi connectivity index (χ1) is 11.8. The average molecular weight is 369 g/mol. The summed E-state index contributed by atoms with van der Waals surface area (Å²) in [6, 6.07) is 4.89. The highest BCUT2D eigenvalue weighted by Gasteiger charge is 2.37. The van der Waals surface area contributed by atoms with E-state index in [-0.39, 0.29) is 37.4 Å². The predicted molar refractivity (Wildman–Crippen MR) is 92.7 cm³/mol. The normalized spacial score (nSPS) is 16.9. The molecule has 1 fully saturated rings. The smallest absolute Gasteiger partial charge is 0.311 e. The molecule has 1 heterocycles. The van der Waals surface area contributed by atoms with Crippen LogP contribution in [0.25, 0.3) is 0 Å². The monoisotopic (exact) mass is 368 g/mol. The van der Waals surface area contributed by atoms with Gasteiger partial charge in [0.1, 0.15) is 5.75 Å². The fraction of sp³-hybridized carbons (Fsp3) is 0.471. The molecule has 1 aliphatic rings. The van der Waals surface area contributed by atoms with Gasteiger partial charge in [-0.3, -0.25) is 14.4 Å². The number of hydrogen-bond donors (Lipinski definition) is 1. The van der Waals surface area contributed by atoms with Gasteiger partial charge in [0.15, 0.2) is 6.61 Å². The second-order valence-electron chi connectivity index (χ2n) is 6.05. The lowest BCUT2D eigenvalue weighted by molar-refractivity contribution is -0.152. The van der Waals surface area contributed by atoms with Gasteiger partial charge in [-0.05, 0) is 32.0 Å². The molecule has 7 nitrogen and oxygen atoms in total. The second-order valence-corrected chi connectivity index (χ2v) is 6.49. The largest absolute Gasteiger partial charge is 0.495 e. The number of nitrogens with zero attached hydrogens (tertiary/aromatic N) is 1. The van der Waals surface area contributed by atoms with Crippen LogP contribution in [0.4, 0.5) is 5.69 Å². The molecule has 0 unspecified atom stereocenters. The number of carbonyl (C=O) groups is 3. The maximum atomic E-state index is 12.3. The Morgan fingerprint density at radius 1 is 1.40 bits per heavy atom. The van der Waals surface area contributed by atoms with Gasteiger partial charge in [-0.15, -0.1) is 0 Å². The molecule has 0 aromatic heterocycles. The van der Waals surface area contributed by atoms with Crippen LogP contribution in [0.3, 0.4) is 0 Å². The van der Waals surface area contributed by atoms with Gasteiger partial charge in [-0.25, -0.2) is 0 Å². The van der Waals surface area contributed by atoms with E-state index < -0.39 is 11.9 Å². The number of methoxy groups -OCH3 is 1. The number of anilines is 1. The summed E-state index contributed by atoms with van der Waals surface area (Å²) in [5, 5.41) is 3.09. The van der Waals surface area contributed by atoms with E-state index in [0.717, 1.165) is 0 Å². The zero-order chi connectivity index (χ0) is 18.6. The molecular formula is C17H21ClN2O5. The summed E-state index contributed by atoms with van der Waals surface area (Å²) in [6.45, 7) is 3.42. The van der Waals surface area contributed by atoms with Crippen molar-refractivity contribution in [1.82, 2.24) is 5.32 Å². The zero-order valence-electron chi connectivity index (χ0n) is 14.4. The maximum Gasteiger partial charge on any atom is 0.311 e. The van der Waals surface area contributed by atoms with E-state index in [1.165, 1.54) is 12.0 Å². The Hall–Kier alpha value is -2.28. The number of carbonyl (C=O) groups excluding carboxylic acids is 3. The van der Waals surface area contributed by atoms with Crippen LogP contribution in [0.2, 0.25) is 5.02 Å². The Balaban J connectivity index is 2.01. The third-order valence-electron chi connectivity index (χ3n) is 3.69. The highest BCUT2D eigenvalue weighted by molar-refractivity contribution is 6.31. The fourth-order valence-electron chi connectivity index (χ4n) is 2.59. The van der Waals surface area contributed by atoms with Crippen molar-refractivity contribution < 1.29 is 23.9 Å². The third kappa shape index (κ3) is 4.85. The van der Waals surface area contributed by atoms with Gasteiger partial charge in [0.2, 0.25) is 5.91 Å². The molecule has 1 aliphatic heterocycles. The molecule has 0 radical (unpaired) electrons. The average Bonchev–Trinajstić information content (AvgIpc) is 2.93. The van der Waals surface area contributed by atoms with E-state index in [2.05, 4.69) is 5.32 Å². The van der Waals surface area contributed by atoms with E-state index in [9.17, 15) is 14.4 Å². The number of esters is 1. The molecular weight excluding hydrogens is 348 g/mol. The molecule has 1 saturated heterocycles. The summed E-state index contributed by atoms with van der Waals surface area (Å²) in [7, 11) is 1.49. The van der Waals surface area contributed by atoms with Crippen molar-refractivity contribution in [1.29, 1.82) is 0 Å². The minimum Gasteiger partial charge on any atom is -0.495 e. The van der Waals surface area contributed by atoms with E-state index >= 15 is 0 Å². The van der Waals surface area contributed by atoms with Gasteiger partial charge in [0.05, 0.1) is 18.7 Å². The third-order valence-corrected chi connectivity index (χ3v) is 3.92. The Bertz CT molecular complexity index is 677. The van der Waals surface area contributed by atoms with Gasteiger partial charge < -0.3 is 19.7 Å². The van der Waals surface area contributed by atoms with Crippen molar-refractivity contribution in [3.05, 3.63) is 23.2 Å². The Labute approximate surface area is 151 Å². The van der Waals surface area contributed by atoms with Crippen LogP contribution in [0.5, 0.6) is 5.75 Å². The first-order valence-corrected chi connectivity index (χ1v) is 8.29. The lowest BCUT2D eigenvalue weighted by Crippen LogP contribution is -2.35.